The highest BCUT2D eigenvalue weighted by Crippen LogP contribution is 2.14. The Bertz CT molecular complexity index is 376. The standard InChI is InChI=1S/C12H16N2O/c1-9-3-2-4-10(5-9)7-14-8-11(13)6-12(14)15/h2-5,11H,6-8,13H2,1H3. The number of benzene rings is 1. The maximum atomic E-state index is 11.5. The van der Waals surface area contributed by atoms with Crippen molar-refractivity contribution < 1.29 is 4.79 Å². The zero-order valence-corrected chi connectivity index (χ0v) is 8.94. The molecular formula is C12H16N2O. The Labute approximate surface area is 89.9 Å². The summed E-state index contributed by atoms with van der Waals surface area (Å²) in [5, 5.41) is 0. The lowest BCUT2D eigenvalue weighted by Gasteiger charge is -2.16. The molecule has 1 unspecified atom stereocenters. The molecule has 1 aromatic rings. The van der Waals surface area contributed by atoms with Crippen LogP contribution in [0.5, 0.6) is 0 Å². The van der Waals surface area contributed by atoms with E-state index in [1.54, 1.807) is 0 Å². The maximum absolute atomic E-state index is 11.5. The van der Waals surface area contributed by atoms with Crippen molar-refractivity contribution in [3.63, 3.8) is 0 Å². The molecule has 3 nitrogen and oxygen atoms in total. The average molecular weight is 204 g/mol. The van der Waals surface area contributed by atoms with E-state index < -0.39 is 0 Å². The van der Waals surface area contributed by atoms with Crippen LogP contribution in [0.25, 0.3) is 0 Å². The lowest BCUT2D eigenvalue weighted by molar-refractivity contribution is -0.128. The summed E-state index contributed by atoms with van der Waals surface area (Å²) in [6, 6.07) is 8.25. The molecule has 3 heteroatoms. The minimum Gasteiger partial charge on any atom is -0.337 e. The van der Waals surface area contributed by atoms with E-state index in [1.807, 2.05) is 17.0 Å². The number of hydrogen-bond donors (Lipinski definition) is 1. The molecule has 0 aliphatic carbocycles. The smallest absolute Gasteiger partial charge is 0.224 e. The van der Waals surface area contributed by atoms with Crippen molar-refractivity contribution in [1.82, 2.24) is 4.90 Å². The molecule has 1 aliphatic rings. The van der Waals surface area contributed by atoms with Gasteiger partial charge in [0.25, 0.3) is 0 Å². The summed E-state index contributed by atoms with van der Waals surface area (Å²) in [5.41, 5.74) is 8.14. The summed E-state index contributed by atoms with van der Waals surface area (Å²) in [5.74, 6) is 0.170. The van der Waals surface area contributed by atoms with Crippen LogP contribution in [0.2, 0.25) is 0 Å². The third kappa shape index (κ3) is 2.36. The number of likely N-dealkylation sites (tertiary alicyclic amines) is 1. The molecule has 0 radical (unpaired) electrons. The highest BCUT2D eigenvalue weighted by Gasteiger charge is 2.26. The molecule has 0 spiro atoms. The molecule has 1 heterocycles. The minimum absolute atomic E-state index is 0.0160. The van der Waals surface area contributed by atoms with Gasteiger partial charge in [-0.3, -0.25) is 4.79 Å². The molecule has 15 heavy (non-hydrogen) atoms. The first-order chi connectivity index (χ1) is 7.15. The van der Waals surface area contributed by atoms with Crippen molar-refractivity contribution in [3.05, 3.63) is 35.4 Å². The van der Waals surface area contributed by atoms with E-state index in [4.69, 9.17) is 5.73 Å². The van der Waals surface area contributed by atoms with Gasteiger partial charge in [-0.1, -0.05) is 29.8 Å². The molecule has 2 N–H and O–H groups in total. The van der Waals surface area contributed by atoms with Crippen LogP contribution in [0, 0.1) is 6.92 Å². The summed E-state index contributed by atoms with van der Waals surface area (Å²) in [7, 11) is 0. The molecule has 1 aromatic carbocycles. The van der Waals surface area contributed by atoms with Crippen LogP contribution in [0.3, 0.4) is 0 Å². The highest BCUT2D eigenvalue weighted by atomic mass is 16.2. The van der Waals surface area contributed by atoms with Crippen molar-refractivity contribution in [2.45, 2.75) is 25.9 Å². The Morgan fingerprint density at radius 3 is 2.93 bits per heavy atom. The second-order valence-electron chi connectivity index (χ2n) is 4.23. The molecule has 1 aliphatic heterocycles. The lowest BCUT2D eigenvalue weighted by atomic mass is 10.1. The number of carbonyl (C=O) groups excluding carboxylic acids is 1. The Balaban J connectivity index is 2.06. The van der Waals surface area contributed by atoms with Gasteiger partial charge in [0.05, 0.1) is 0 Å². The predicted molar refractivity (Wildman–Crippen MR) is 59.2 cm³/mol. The van der Waals surface area contributed by atoms with E-state index in [-0.39, 0.29) is 11.9 Å². The minimum atomic E-state index is 0.0160. The summed E-state index contributed by atoms with van der Waals surface area (Å²) in [6.45, 7) is 3.43. The van der Waals surface area contributed by atoms with Gasteiger partial charge in [0.1, 0.15) is 0 Å². The summed E-state index contributed by atoms with van der Waals surface area (Å²) in [6.07, 6.45) is 0.492. The summed E-state index contributed by atoms with van der Waals surface area (Å²) < 4.78 is 0. The number of rotatable bonds is 2. The van der Waals surface area contributed by atoms with Gasteiger partial charge >= 0.3 is 0 Å². The van der Waals surface area contributed by atoms with E-state index in [0.717, 1.165) is 0 Å². The maximum Gasteiger partial charge on any atom is 0.224 e. The second kappa shape index (κ2) is 4.03. The van der Waals surface area contributed by atoms with Crippen LogP contribution < -0.4 is 5.73 Å². The molecule has 80 valence electrons. The van der Waals surface area contributed by atoms with Crippen LogP contribution in [-0.4, -0.2) is 23.4 Å². The van der Waals surface area contributed by atoms with E-state index >= 15 is 0 Å². The van der Waals surface area contributed by atoms with Crippen molar-refractivity contribution in [2.24, 2.45) is 5.73 Å². The van der Waals surface area contributed by atoms with Gasteiger partial charge in [-0.15, -0.1) is 0 Å². The number of nitrogens with two attached hydrogens (primary N) is 1. The number of nitrogens with zero attached hydrogens (tertiary/aromatic N) is 1. The van der Waals surface area contributed by atoms with Gasteiger partial charge in [-0.2, -0.15) is 0 Å². The van der Waals surface area contributed by atoms with Gasteiger partial charge in [0.15, 0.2) is 0 Å². The number of aryl methyl sites for hydroxylation is 1. The fraction of sp³-hybridized carbons (Fsp3) is 0.417. The van der Waals surface area contributed by atoms with Gasteiger partial charge < -0.3 is 10.6 Å². The lowest BCUT2D eigenvalue weighted by Crippen LogP contribution is -2.27. The molecular weight excluding hydrogens is 188 g/mol. The van der Waals surface area contributed by atoms with Crippen LogP contribution >= 0.6 is 0 Å². The van der Waals surface area contributed by atoms with Crippen molar-refractivity contribution in [2.75, 3.05) is 6.54 Å². The first-order valence-corrected chi connectivity index (χ1v) is 5.24. The Hall–Kier alpha value is -1.35. The van der Waals surface area contributed by atoms with Crippen LogP contribution in [0.15, 0.2) is 24.3 Å². The quantitative estimate of drug-likeness (QED) is 0.782. The molecule has 1 amide bonds. The van der Waals surface area contributed by atoms with Crippen LogP contribution in [-0.2, 0) is 11.3 Å². The molecule has 1 atom stereocenters. The normalized spacial score (nSPS) is 21.1. The van der Waals surface area contributed by atoms with Gasteiger partial charge in [0.2, 0.25) is 5.91 Å². The summed E-state index contributed by atoms with van der Waals surface area (Å²) >= 11 is 0. The fourth-order valence-corrected chi connectivity index (χ4v) is 1.99. The second-order valence-corrected chi connectivity index (χ2v) is 4.23. The monoisotopic (exact) mass is 204 g/mol. The van der Waals surface area contributed by atoms with E-state index in [1.165, 1.54) is 11.1 Å². The molecule has 0 saturated carbocycles. The van der Waals surface area contributed by atoms with Gasteiger partial charge in [-0.25, -0.2) is 0 Å². The van der Waals surface area contributed by atoms with Crippen molar-refractivity contribution in [3.8, 4) is 0 Å². The first-order valence-electron chi connectivity index (χ1n) is 5.24. The number of hydrogen-bond acceptors (Lipinski definition) is 2. The summed E-state index contributed by atoms with van der Waals surface area (Å²) in [4.78, 5) is 13.4. The zero-order chi connectivity index (χ0) is 10.8. The van der Waals surface area contributed by atoms with Gasteiger partial charge in [-0.05, 0) is 12.5 Å². The average Bonchev–Trinajstić information content (AvgIpc) is 2.45. The SMILES string of the molecule is Cc1cccc(CN2CC(N)CC2=O)c1. The van der Waals surface area contributed by atoms with E-state index in [0.29, 0.717) is 19.5 Å². The van der Waals surface area contributed by atoms with Crippen LogP contribution in [0.4, 0.5) is 0 Å². The Morgan fingerprint density at radius 1 is 1.53 bits per heavy atom. The first kappa shape index (κ1) is 10.2. The fourth-order valence-electron chi connectivity index (χ4n) is 1.99. The molecule has 0 bridgehead atoms. The third-order valence-corrected chi connectivity index (χ3v) is 2.70. The van der Waals surface area contributed by atoms with E-state index in [9.17, 15) is 4.79 Å². The third-order valence-electron chi connectivity index (χ3n) is 2.70. The number of carbonyl (C=O) groups is 1. The Kier molecular flexibility index (Phi) is 2.73. The van der Waals surface area contributed by atoms with Crippen LogP contribution in [0.1, 0.15) is 17.5 Å². The Morgan fingerprint density at radius 2 is 2.33 bits per heavy atom. The van der Waals surface area contributed by atoms with Gasteiger partial charge in [0, 0.05) is 25.6 Å². The van der Waals surface area contributed by atoms with E-state index in [2.05, 4.69) is 19.1 Å². The zero-order valence-electron chi connectivity index (χ0n) is 8.94. The molecule has 0 aromatic heterocycles. The highest BCUT2D eigenvalue weighted by molar-refractivity contribution is 5.79. The molecule has 2 rings (SSSR count). The molecule has 1 saturated heterocycles. The largest absolute Gasteiger partial charge is 0.337 e. The molecule has 1 fully saturated rings. The predicted octanol–water partition coefficient (Wildman–Crippen LogP) is 1.05. The number of amides is 1. The topological polar surface area (TPSA) is 46.3 Å². The van der Waals surface area contributed by atoms with Crippen molar-refractivity contribution >= 4 is 5.91 Å². The van der Waals surface area contributed by atoms with Crippen molar-refractivity contribution in [1.29, 1.82) is 0 Å².